The molecule has 1 aliphatic heterocycles. The summed E-state index contributed by atoms with van der Waals surface area (Å²) in [6.07, 6.45) is -2.76. The number of aliphatic hydroxyl groups is 1. The number of carbonyl (C=O) groups is 2. The number of aliphatic carboxylic acids is 1. The summed E-state index contributed by atoms with van der Waals surface area (Å²) in [6, 6.07) is -0.279. The van der Waals surface area contributed by atoms with Crippen LogP contribution in [0.2, 0.25) is 0 Å². The number of hydrogen-bond acceptors (Lipinski definition) is 9. The fourth-order valence-electron chi connectivity index (χ4n) is 3.16. The van der Waals surface area contributed by atoms with Crippen LogP contribution >= 0.6 is 0 Å². The Labute approximate surface area is 177 Å². The predicted molar refractivity (Wildman–Crippen MR) is 109 cm³/mol. The zero-order chi connectivity index (χ0) is 23.3. The number of anilines is 1. The monoisotopic (exact) mass is 440 g/mol. The van der Waals surface area contributed by atoms with Crippen molar-refractivity contribution in [3.63, 3.8) is 0 Å². The maximum atomic E-state index is 12.3. The third-order valence-electron chi connectivity index (χ3n) is 4.89. The van der Waals surface area contributed by atoms with Crippen molar-refractivity contribution in [2.45, 2.75) is 49.8 Å². The molecule has 5 atom stereocenters. The van der Waals surface area contributed by atoms with Crippen LogP contribution in [0.5, 0.6) is 0 Å². The molecule has 14 nitrogen and oxygen atoms in total. The number of guanidine groups is 1. The molecule has 31 heavy (non-hydrogen) atoms. The van der Waals surface area contributed by atoms with Crippen LogP contribution in [0, 0.1) is 5.41 Å². The molecule has 10 N–H and O–H groups in total. The van der Waals surface area contributed by atoms with Gasteiger partial charge in [-0.3, -0.25) is 14.8 Å². The van der Waals surface area contributed by atoms with Gasteiger partial charge in [-0.05, 0) is 12.5 Å². The lowest BCUT2D eigenvalue weighted by Gasteiger charge is -2.38. The van der Waals surface area contributed by atoms with E-state index in [1.807, 2.05) is 0 Å². The number of rotatable bonds is 8. The number of nitrogens with zero attached hydrogens (tertiary/aromatic N) is 3. The van der Waals surface area contributed by atoms with E-state index in [0.29, 0.717) is 13.0 Å². The van der Waals surface area contributed by atoms with Crippen molar-refractivity contribution in [2.75, 3.05) is 19.3 Å². The SMILES string of the molecule is CN(CC[C@H](N)CC(=O)N[C@H]1C[C@@H](O)[C@@H](n2ccc(N)nc2=O)O[C@@H]1C(=O)O)C(=N)N. The van der Waals surface area contributed by atoms with Crippen LogP contribution in [0.25, 0.3) is 0 Å². The normalized spacial score (nSPS) is 24.2. The van der Waals surface area contributed by atoms with Gasteiger partial charge in [-0.15, -0.1) is 0 Å². The number of nitrogens with two attached hydrogens (primary N) is 3. The van der Waals surface area contributed by atoms with Gasteiger partial charge < -0.3 is 42.4 Å². The lowest BCUT2D eigenvalue weighted by Crippen LogP contribution is -2.57. The van der Waals surface area contributed by atoms with Crippen LogP contribution in [-0.2, 0) is 14.3 Å². The summed E-state index contributed by atoms with van der Waals surface area (Å²) in [4.78, 5) is 41.0. The summed E-state index contributed by atoms with van der Waals surface area (Å²) >= 11 is 0. The molecule has 0 aliphatic carbocycles. The molecule has 0 aromatic carbocycles. The Kier molecular flexibility index (Phi) is 7.90. The van der Waals surface area contributed by atoms with Gasteiger partial charge in [0.2, 0.25) is 5.91 Å². The van der Waals surface area contributed by atoms with Crippen molar-refractivity contribution < 1.29 is 24.5 Å². The van der Waals surface area contributed by atoms with Crippen molar-refractivity contribution in [3.8, 4) is 0 Å². The standard InChI is InChI=1S/C17H28N8O6/c1-24(16(20)21)4-2-8(18)6-12(27)22-9-7-10(26)14(31-13(9)15(28)29)25-5-3-11(19)23-17(25)30/h3,5,8-10,13-14,26H,2,4,6-7,18H2,1H3,(H3,20,21)(H,22,27)(H,28,29)(H2,19,23,30)/t8-,9-,10+,13-,14-/m0/s1. The Bertz CT molecular complexity index is 876. The van der Waals surface area contributed by atoms with Crippen molar-refractivity contribution in [3.05, 3.63) is 22.7 Å². The average molecular weight is 440 g/mol. The highest BCUT2D eigenvalue weighted by atomic mass is 16.5. The van der Waals surface area contributed by atoms with E-state index in [1.165, 1.54) is 17.2 Å². The van der Waals surface area contributed by atoms with Gasteiger partial charge in [0.25, 0.3) is 0 Å². The summed E-state index contributed by atoms with van der Waals surface area (Å²) in [5.41, 5.74) is 15.9. The van der Waals surface area contributed by atoms with E-state index < -0.39 is 48.1 Å². The number of hydrogen-bond donors (Lipinski definition) is 7. The molecule has 0 saturated carbocycles. The largest absolute Gasteiger partial charge is 0.479 e. The number of amides is 1. The second-order valence-electron chi connectivity index (χ2n) is 7.36. The smallest absolute Gasteiger partial charge is 0.351 e. The molecular formula is C17H28N8O6. The molecule has 0 radical (unpaired) electrons. The minimum absolute atomic E-state index is 0.0303. The summed E-state index contributed by atoms with van der Waals surface area (Å²) < 4.78 is 6.37. The van der Waals surface area contributed by atoms with Gasteiger partial charge in [0.05, 0.1) is 6.04 Å². The number of carbonyl (C=O) groups excluding carboxylic acids is 1. The summed E-state index contributed by atoms with van der Waals surface area (Å²) in [6.45, 7) is 0.374. The maximum absolute atomic E-state index is 12.3. The summed E-state index contributed by atoms with van der Waals surface area (Å²) in [7, 11) is 1.62. The molecule has 1 aromatic rings. The molecule has 14 heteroatoms. The summed E-state index contributed by atoms with van der Waals surface area (Å²) in [5, 5.41) is 29.8. The van der Waals surface area contributed by atoms with Crippen molar-refractivity contribution in [2.24, 2.45) is 11.5 Å². The molecule has 2 rings (SSSR count). The third-order valence-corrected chi connectivity index (χ3v) is 4.89. The number of aliphatic hydroxyl groups excluding tert-OH is 1. The van der Waals surface area contributed by atoms with Crippen molar-refractivity contribution in [1.82, 2.24) is 19.8 Å². The van der Waals surface area contributed by atoms with E-state index >= 15 is 0 Å². The molecule has 0 unspecified atom stereocenters. The third kappa shape index (κ3) is 6.37. The molecule has 0 bridgehead atoms. The van der Waals surface area contributed by atoms with Crippen LogP contribution in [0.15, 0.2) is 17.1 Å². The van der Waals surface area contributed by atoms with Crippen LogP contribution in [-0.4, -0.2) is 80.4 Å². The van der Waals surface area contributed by atoms with Gasteiger partial charge >= 0.3 is 11.7 Å². The first-order valence-electron chi connectivity index (χ1n) is 9.50. The van der Waals surface area contributed by atoms with E-state index in [-0.39, 0.29) is 24.6 Å². The Morgan fingerprint density at radius 1 is 1.52 bits per heavy atom. The molecular weight excluding hydrogens is 412 g/mol. The number of carboxylic acids is 1. The van der Waals surface area contributed by atoms with Gasteiger partial charge in [-0.25, -0.2) is 9.59 Å². The van der Waals surface area contributed by atoms with Gasteiger partial charge in [-0.1, -0.05) is 0 Å². The van der Waals surface area contributed by atoms with Crippen molar-refractivity contribution in [1.29, 1.82) is 5.41 Å². The average Bonchev–Trinajstić information content (AvgIpc) is 2.66. The van der Waals surface area contributed by atoms with E-state index in [9.17, 15) is 24.6 Å². The highest BCUT2D eigenvalue weighted by molar-refractivity contribution is 5.79. The highest BCUT2D eigenvalue weighted by Crippen LogP contribution is 2.27. The molecule has 0 spiro atoms. The number of ether oxygens (including phenoxy) is 1. The first-order valence-corrected chi connectivity index (χ1v) is 9.50. The van der Waals surface area contributed by atoms with Gasteiger partial charge in [0.15, 0.2) is 18.3 Å². The topological polar surface area (TPSA) is 236 Å². The van der Waals surface area contributed by atoms with E-state index in [0.717, 1.165) is 4.57 Å². The lowest BCUT2D eigenvalue weighted by molar-refractivity contribution is -0.191. The molecule has 1 fully saturated rings. The maximum Gasteiger partial charge on any atom is 0.351 e. The lowest BCUT2D eigenvalue weighted by atomic mass is 9.98. The quantitative estimate of drug-likeness (QED) is 0.158. The van der Waals surface area contributed by atoms with E-state index in [4.69, 9.17) is 27.3 Å². The number of carboxylic acid groups (broad SMARTS) is 1. The van der Waals surface area contributed by atoms with Crippen LogP contribution in [0.1, 0.15) is 25.5 Å². The van der Waals surface area contributed by atoms with Crippen molar-refractivity contribution >= 4 is 23.7 Å². The van der Waals surface area contributed by atoms with Crippen LogP contribution in [0.3, 0.4) is 0 Å². The molecule has 2 heterocycles. The fraction of sp³-hybridized carbons (Fsp3) is 0.588. The Hall–Kier alpha value is -3.23. The van der Waals surface area contributed by atoms with Crippen LogP contribution < -0.4 is 28.2 Å². The minimum atomic E-state index is -1.51. The zero-order valence-electron chi connectivity index (χ0n) is 17.0. The molecule has 1 amide bonds. The van der Waals surface area contributed by atoms with Gasteiger partial charge in [0, 0.05) is 38.7 Å². The van der Waals surface area contributed by atoms with Gasteiger partial charge in [0.1, 0.15) is 11.9 Å². The first kappa shape index (κ1) is 24.0. The number of aromatic nitrogens is 2. The second kappa shape index (κ2) is 10.2. The minimum Gasteiger partial charge on any atom is -0.479 e. The molecule has 1 saturated heterocycles. The van der Waals surface area contributed by atoms with Gasteiger partial charge in [-0.2, -0.15) is 4.98 Å². The molecule has 1 aliphatic rings. The molecule has 1 aromatic heterocycles. The Balaban J connectivity index is 2.01. The first-order chi connectivity index (χ1) is 14.5. The molecule has 172 valence electrons. The van der Waals surface area contributed by atoms with Crippen LogP contribution in [0.4, 0.5) is 5.82 Å². The zero-order valence-corrected chi connectivity index (χ0v) is 17.0. The summed E-state index contributed by atoms with van der Waals surface area (Å²) in [5.74, 6) is -2.04. The Morgan fingerprint density at radius 3 is 2.77 bits per heavy atom. The Morgan fingerprint density at radius 2 is 2.19 bits per heavy atom. The number of nitrogen functional groups attached to an aromatic ring is 1. The highest BCUT2D eigenvalue weighted by Gasteiger charge is 2.43. The van der Waals surface area contributed by atoms with E-state index in [2.05, 4.69) is 10.3 Å². The second-order valence-corrected chi connectivity index (χ2v) is 7.36. The van der Waals surface area contributed by atoms with E-state index in [1.54, 1.807) is 7.05 Å². The number of nitrogens with one attached hydrogen (secondary N) is 2. The fourth-order valence-corrected chi connectivity index (χ4v) is 3.16. The predicted octanol–water partition coefficient (Wildman–Crippen LogP) is -3.02.